The highest BCUT2D eigenvalue weighted by Gasteiger charge is 2.29. The molecule has 1 saturated heterocycles. The predicted molar refractivity (Wildman–Crippen MR) is 112 cm³/mol. The fraction of sp³-hybridized carbons (Fsp3) is 0.360. The molecule has 0 aliphatic carbocycles. The van der Waals surface area contributed by atoms with Crippen molar-refractivity contribution in [3.8, 4) is 17.2 Å². The van der Waals surface area contributed by atoms with E-state index >= 15 is 4.39 Å². The third kappa shape index (κ3) is 4.35. The summed E-state index contributed by atoms with van der Waals surface area (Å²) < 4.78 is 60.6. The van der Waals surface area contributed by atoms with Gasteiger partial charge in [-0.25, -0.2) is 4.39 Å². The molecule has 0 amide bonds. The number of aryl methyl sites for hydroxylation is 1. The van der Waals surface area contributed by atoms with Crippen molar-refractivity contribution in [3.05, 3.63) is 77.7 Å². The maximum absolute atomic E-state index is 15.2. The molecule has 3 nitrogen and oxygen atoms in total. The van der Waals surface area contributed by atoms with Crippen LogP contribution in [0.2, 0.25) is 0 Å². The molecule has 4 rings (SSSR count). The molecule has 2 atom stereocenters. The van der Waals surface area contributed by atoms with Gasteiger partial charge in [0.05, 0.1) is 12.7 Å². The molecule has 0 N–H and O–H groups in total. The highest BCUT2D eigenvalue weighted by molar-refractivity contribution is 5.54. The Kier molecular flexibility index (Phi) is 6.37. The lowest BCUT2D eigenvalue weighted by Gasteiger charge is -2.27. The number of halogens is 3. The van der Waals surface area contributed by atoms with E-state index in [9.17, 15) is 8.78 Å². The molecule has 0 bridgehead atoms. The summed E-state index contributed by atoms with van der Waals surface area (Å²) in [6.07, 6.45) is 6.73. The first kappa shape index (κ1) is 21.5. The quantitative estimate of drug-likeness (QED) is 0.413. The molecule has 2 unspecified atom stereocenters. The first-order valence-electron chi connectivity index (χ1n) is 10.5. The second-order valence-corrected chi connectivity index (χ2v) is 7.96. The monoisotopic (exact) mass is 430 g/mol. The molecule has 2 aromatic carbocycles. The van der Waals surface area contributed by atoms with Gasteiger partial charge in [0.1, 0.15) is 6.61 Å². The van der Waals surface area contributed by atoms with Crippen LogP contribution in [-0.4, -0.2) is 19.3 Å². The minimum absolute atomic E-state index is 0.0423. The lowest BCUT2D eigenvalue weighted by Crippen LogP contribution is -2.25. The second-order valence-electron chi connectivity index (χ2n) is 7.96. The van der Waals surface area contributed by atoms with Crippen molar-refractivity contribution < 1.29 is 27.4 Å². The van der Waals surface area contributed by atoms with E-state index < -0.39 is 17.5 Å². The Balaban J connectivity index is 1.51. The van der Waals surface area contributed by atoms with Crippen LogP contribution in [0.1, 0.15) is 36.0 Å². The lowest BCUT2D eigenvalue weighted by molar-refractivity contribution is -0.00789. The van der Waals surface area contributed by atoms with E-state index in [2.05, 4.69) is 13.2 Å². The van der Waals surface area contributed by atoms with E-state index in [0.717, 1.165) is 12.8 Å². The van der Waals surface area contributed by atoms with Crippen molar-refractivity contribution in [2.24, 2.45) is 5.92 Å². The maximum Gasteiger partial charge on any atom is 0.205 e. The Bertz CT molecular complexity index is 994. The fourth-order valence-corrected chi connectivity index (χ4v) is 4.07. The minimum atomic E-state index is -1.18. The number of hydrogen-bond acceptors (Lipinski definition) is 3. The minimum Gasteiger partial charge on any atom is -0.486 e. The van der Waals surface area contributed by atoms with Gasteiger partial charge in [-0.2, -0.15) is 8.78 Å². The largest absolute Gasteiger partial charge is 0.486 e. The molecular weight excluding hydrogens is 405 g/mol. The molecule has 0 radical (unpaired) electrons. The van der Waals surface area contributed by atoms with Gasteiger partial charge in [-0.3, -0.25) is 0 Å². The summed E-state index contributed by atoms with van der Waals surface area (Å²) in [4.78, 5) is 0. The Morgan fingerprint density at radius 3 is 2.55 bits per heavy atom. The van der Waals surface area contributed by atoms with Crippen LogP contribution in [0.3, 0.4) is 0 Å². The van der Waals surface area contributed by atoms with Crippen LogP contribution in [0.25, 0.3) is 0 Å². The van der Waals surface area contributed by atoms with Crippen LogP contribution in [0.4, 0.5) is 13.2 Å². The highest BCUT2D eigenvalue weighted by Crippen LogP contribution is 2.43. The average Bonchev–Trinajstić information content (AvgIpc) is 2.79. The van der Waals surface area contributed by atoms with Crippen molar-refractivity contribution in [2.45, 2.75) is 38.2 Å². The first-order chi connectivity index (χ1) is 15.0. The first-order valence-corrected chi connectivity index (χ1v) is 10.5. The average molecular weight is 430 g/mol. The van der Waals surface area contributed by atoms with Gasteiger partial charge in [0.15, 0.2) is 23.1 Å². The summed E-state index contributed by atoms with van der Waals surface area (Å²) in [7, 11) is 0. The maximum atomic E-state index is 15.2. The van der Waals surface area contributed by atoms with Crippen LogP contribution in [0, 0.1) is 23.4 Å². The molecule has 6 heteroatoms. The predicted octanol–water partition coefficient (Wildman–Crippen LogP) is 6.28. The summed E-state index contributed by atoms with van der Waals surface area (Å²) >= 11 is 0. The Hall–Kier alpha value is -2.73. The number of hydrogen-bond donors (Lipinski definition) is 0. The smallest absolute Gasteiger partial charge is 0.205 e. The second kappa shape index (κ2) is 9.18. The number of benzene rings is 2. The molecule has 2 heterocycles. The normalized spacial score (nSPS) is 19.7. The van der Waals surface area contributed by atoms with Crippen LogP contribution in [-0.2, 0) is 17.6 Å². The van der Waals surface area contributed by atoms with E-state index in [-0.39, 0.29) is 36.4 Å². The van der Waals surface area contributed by atoms with Crippen molar-refractivity contribution in [1.29, 1.82) is 0 Å². The van der Waals surface area contributed by atoms with E-state index in [1.165, 1.54) is 12.1 Å². The van der Waals surface area contributed by atoms with Gasteiger partial charge < -0.3 is 14.2 Å². The molecule has 0 spiro atoms. The SMILES string of the molecule is C=CCOc1cc2c(c(F)c1F)Oc1c(ccc(CCC3CCC(C=C)CO3)c1F)C2. The Morgan fingerprint density at radius 2 is 1.84 bits per heavy atom. The van der Waals surface area contributed by atoms with Crippen molar-refractivity contribution in [1.82, 2.24) is 0 Å². The van der Waals surface area contributed by atoms with Crippen molar-refractivity contribution >= 4 is 0 Å². The van der Waals surface area contributed by atoms with Gasteiger partial charge in [0.2, 0.25) is 11.6 Å². The van der Waals surface area contributed by atoms with Crippen LogP contribution < -0.4 is 9.47 Å². The highest BCUT2D eigenvalue weighted by atomic mass is 19.2. The molecule has 164 valence electrons. The summed E-state index contributed by atoms with van der Waals surface area (Å²) in [6, 6.07) is 4.90. The third-order valence-electron chi connectivity index (χ3n) is 5.88. The van der Waals surface area contributed by atoms with Gasteiger partial charge in [0.25, 0.3) is 0 Å². The Labute approximate surface area is 180 Å². The molecule has 2 aliphatic heterocycles. The number of ether oxygens (including phenoxy) is 3. The molecular formula is C25H25F3O3. The molecule has 0 saturated carbocycles. The van der Waals surface area contributed by atoms with Gasteiger partial charge in [0, 0.05) is 23.5 Å². The van der Waals surface area contributed by atoms with Gasteiger partial charge in [-0.05, 0) is 37.3 Å². The van der Waals surface area contributed by atoms with Gasteiger partial charge >= 0.3 is 0 Å². The summed E-state index contributed by atoms with van der Waals surface area (Å²) in [5, 5.41) is 0. The van der Waals surface area contributed by atoms with Crippen LogP contribution in [0.5, 0.6) is 17.2 Å². The fourth-order valence-electron chi connectivity index (χ4n) is 4.07. The van der Waals surface area contributed by atoms with Crippen LogP contribution in [0.15, 0.2) is 43.5 Å². The number of fused-ring (bicyclic) bond motifs is 2. The Morgan fingerprint density at radius 1 is 1.03 bits per heavy atom. The van der Waals surface area contributed by atoms with Crippen molar-refractivity contribution in [2.75, 3.05) is 13.2 Å². The number of rotatable bonds is 7. The standard InChI is InChI=1S/C25H25F3O3/c1-3-11-29-20-13-18-12-17-7-6-16(8-10-19-9-5-15(4-2)14-30-19)21(26)24(17)31-25(18)23(28)22(20)27/h3-4,6-7,13,15,19H,1-2,5,8-12,14H2. The van der Waals surface area contributed by atoms with E-state index in [1.54, 1.807) is 12.1 Å². The van der Waals surface area contributed by atoms with Crippen LogP contribution >= 0.6 is 0 Å². The zero-order valence-corrected chi connectivity index (χ0v) is 17.3. The summed E-state index contributed by atoms with van der Waals surface area (Å²) in [5.74, 6) is -3.05. The molecule has 0 aromatic heterocycles. The van der Waals surface area contributed by atoms with Gasteiger partial charge in [-0.1, -0.05) is 30.9 Å². The molecule has 2 aromatic rings. The topological polar surface area (TPSA) is 27.7 Å². The molecule has 2 aliphatic rings. The summed E-state index contributed by atoms with van der Waals surface area (Å²) in [6.45, 7) is 7.98. The third-order valence-corrected chi connectivity index (χ3v) is 5.88. The molecule has 31 heavy (non-hydrogen) atoms. The lowest BCUT2D eigenvalue weighted by atomic mass is 9.93. The van der Waals surface area contributed by atoms with Gasteiger partial charge in [-0.15, -0.1) is 6.58 Å². The summed E-state index contributed by atoms with van der Waals surface area (Å²) in [5.41, 5.74) is 1.46. The van der Waals surface area contributed by atoms with Crippen molar-refractivity contribution in [3.63, 3.8) is 0 Å². The van der Waals surface area contributed by atoms with E-state index in [0.29, 0.717) is 42.1 Å². The van der Waals surface area contributed by atoms with E-state index in [1.807, 2.05) is 6.08 Å². The zero-order chi connectivity index (χ0) is 22.0. The molecule has 1 fully saturated rings. The zero-order valence-electron chi connectivity index (χ0n) is 17.3. The van der Waals surface area contributed by atoms with E-state index in [4.69, 9.17) is 14.2 Å².